The van der Waals surface area contributed by atoms with Crippen LogP contribution in [-0.2, 0) is 9.47 Å². The first kappa shape index (κ1) is 23.4. The summed E-state index contributed by atoms with van der Waals surface area (Å²) in [6.45, 7) is 10.3. The Bertz CT molecular complexity index is 1350. The van der Waals surface area contributed by atoms with Crippen molar-refractivity contribution in [3.63, 3.8) is 0 Å². The van der Waals surface area contributed by atoms with Gasteiger partial charge in [0.25, 0.3) is 0 Å². The zero-order chi connectivity index (χ0) is 24.6. The number of rotatable bonds is 7. The molecule has 0 radical (unpaired) electrons. The van der Waals surface area contributed by atoms with Crippen molar-refractivity contribution in [2.45, 2.75) is 40.4 Å². The minimum Gasteiger partial charge on any atom is -0.493 e. The van der Waals surface area contributed by atoms with Gasteiger partial charge in [-0.2, -0.15) is 0 Å². The maximum Gasteiger partial charge on any atom is 0.163 e. The Hall–Kier alpha value is -3.36. The molecule has 4 aromatic rings. The number of nitrogens with zero attached hydrogens (tertiary/aromatic N) is 2. The maximum atomic E-state index is 6.04. The van der Waals surface area contributed by atoms with Crippen LogP contribution in [0.2, 0.25) is 0 Å². The number of anilines is 2. The number of H-pyrrole nitrogens is 1. The van der Waals surface area contributed by atoms with E-state index in [-0.39, 0.29) is 11.7 Å². The molecule has 35 heavy (non-hydrogen) atoms. The molecule has 2 aromatic carbocycles. The van der Waals surface area contributed by atoms with Crippen LogP contribution in [0.3, 0.4) is 0 Å². The Morgan fingerprint density at radius 2 is 1.86 bits per heavy atom. The second-order valence-electron chi connectivity index (χ2n) is 9.86. The molecule has 0 bridgehead atoms. The molecule has 0 atom stereocenters. The molecule has 5 rings (SSSR count). The fourth-order valence-electron chi connectivity index (χ4n) is 4.27. The number of benzene rings is 2. The first-order chi connectivity index (χ1) is 16.8. The summed E-state index contributed by atoms with van der Waals surface area (Å²) < 4.78 is 23.3. The molecule has 1 aliphatic rings. The SMILES string of the molecule is COc1cc2c(Nc3ccc4[nH]c(C)c(C)c4c3)ncnc2cc1OCCC1OCC(C)(C)CO1. The Labute approximate surface area is 205 Å². The lowest BCUT2D eigenvalue weighted by molar-refractivity contribution is -0.225. The van der Waals surface area contributed by atoms with E-state index in [0.29, 0.717) is 43.6 Å². The summed E-state index contributed by atoms with van der Waals surface area (Å²) in [5.74, 6) is 1.95. The molecular formula is C27H32N4O4. The molecule has 1 fully saturated rings. The van der Waals surface area contributed by atoms with E-state index in [0.717, 1.165) is 22.1 Å². The van der Waals surface area contributed by atoms with Crippen LogP contribution >= 0.6 is 0 Å². The minimum atomic E-state index is -0.252. The zero-order valence-electron chi connectivity index (χ0n) is 20.9. The van der Waals surface area contributed by atoms with E-state index >= 15 is 0 Å². The highest BCUT2D eigenvalue weighted by Crippen LogP contribution is 2.35. The van der Waals surface area contributed by atoms with Crippen LogP contribution < -0.4 is 14.8 Å². The Morgan fingerprint density at radius 1 is 1.06 bits per heavy atom. The third kappa shape index (κ3) is 4.90. The van der Waals surface area contributed by atoms with Crippen LogP contribution in [0.4, 0.5) is 11.5 Å². The van der Waals surface area contributed by atoms with Crippen LogP contribution in [0.5, 0.6) is 11.5 Å². The van der Waals surface area contributed by atoms with Crippen molar-refractivity contribution in [3.8, 4) is 11.5 Å². The van der Waals surface area contributed by atoms with Crippen molar-refractivity contribution in [1.29, 1.82) is 0 Å². The fraction of sp³-hybridized carbons (Fsp3) is 0.407. The molecule has 8 heteroatoms. The molecule has 2 aromatic heterocycles. The predicted octanol–water partition coefficient (Wildman–Crippen LogP) is 5.65. The zero-order valence-corrected chi connectivity index (χ0v) is 20.9. The van der Waals surface area contributed by atoms with Crippen LogP contribution in [0, 0.1) is 19.3 Å². The summed E-state index contributed by atoms with van der Waals surface area (Å²) in [6.07, 6.45) is 1.93. The van der Waals surface area contributed by atoms with Gasteiger partial charge in [-0.25, -0.2) is 9.97 Å². The topological polar surface area (TPSA) is 90.5 Å². The lowest BCUT2D eigenvalue weighted by atomic mass is 9.95. The van der Waals surface area contributed by atoms with E-state index in [1.807, 2.05) is 18.2 Å². The summed E-state index contributed by atoms with van der Waals surface area (Å²) in [7, 11) is 1.63. The number of ether oxygens (including phenoxy) is 4. The van der Waals surface area contributed by atoms with Gasteiger partial charge in [0.05, 0.1) is 32.4 Å². The number of hydrogen-bond acceptors (Lipinski definition) is 7. The van der Waals surface area contributed by atoms with Crippen LogP contribution in [0.1, 0.15) is 31.5 Å². The summed E-state index contributed by atoms with van der Waals surface area (Å²) in [5.41, 5.74) is 5.30. The van der Waals surface area contributed by atoms with Gasteiger partial charge in [-0.1, -0.05) is 13.8 Å². The second-order valence-corrected chi connectivity index (χ2v) is 9.86. The van der Waals surface area contributed by atoms with Gasteiger partial charge in [-0.05, 0) is 43.7 Å². The second kappa shape index (κ2) is 9.36. The molecule has 0 saturated carbocycles. The third-order valence-corrected chi connectivity index (χ3v) is 6.42. The van der Waals surface area contributed by atoms with Gasteiger partial charge in [0, 0.05) is 45.6 Å². The third-order valence-electron chi connectivity index (χ3n) is 6.42. The summed E-state index contributed by atoms with van der Waals surface area (Å²) in [4.78, 5) is 12.4. The van der Waals surface area contributed by atoms with Gasteiger partial charge in [0.15, 0.2) is 17.8 Å². The molecule has 184 valence electrons. The molecule has 3 heterocycles. The largest absolute Gasteiger partial charge is 0.493 e. The molecule has 8 nitrogen and oxygen atoms in total. The molecule has 0 amide bonds. The van der Waals surface area contributed by atoms with Gasteiger partial charge in [0.1, 0.15) is 12.1 Å². The van der Waals surface area contributed by atoms with E-state index in [1.165, 1.54) is 16.6 Å². The monoisotopic (exact) mass is 476 g/mol. The Balaban J connectivity index is 1.34. The quantitative estimate of drug-likeness (QED) is 0.356. The average molecular weight is 477 g/mol. The van der Waals surface area contributed by atoms with E-state index in [2.05, 4.69) is 60.1 Å². The highest BCUT2D eigenvalue weighted by Gasteiger charge is 2.28. The van der Waals surface area contributed by atoms with E-state index in [1.54, 1.807) is 13.4 Å². The van der Waals surface area contributed by atoms with Gasteiger partial charge >= 0.3 is 0 Å². The maximum absolute atomic E-state index is 6.04. The van der Waals surface area contributed by atoms with E-state index < -0.39 is 0 Å². The van der Waals surface area contributed by atoms with Crippen molar-refractivity contribution >= 4 is 33.3 Å². The predicted molar refractivity (Wildman–Crippen MR) is 137 cm³/mol. The fourth-order valence-corrected chi connectivity index (χ4v) is 4.27. The van der Waals surface area contributed by atoms with Crippen molar-refractivity contribution in [2.75, 3.05) is 32.2 Å². The van der Waals surface area contributed by atoms with Crippen LogP contribution in [-0.4, -0.2) is 48.2 Å². The lowest BCUT2D eigenvalue weighted by Crippen LogP contribution is -2.38. The summed E-state index contributed by atoms with van der Waals surface area (Å²) >= 11 is 0. The molecule has 0 unspecified atom stereocenters. The van der Waals surface area contributed by atoms with Crippen molar-refractivity contribution in [1.82, 2.24) is 15.0 Å². The normalized spacial score (nSPS) is 16.0. The number of methoxy groups -OCH3 is 1. The minimum absolute atomic E-state index is 0.0511. The van der Waals surface area contributed by atoms with E-state index in [9.17, 15) is 0 Å². The van der Waals surface area contributed by atoms with Gasteiger partial charge in [-0.15, -0.1) is 0 Å². The number of nitrogens with one attached hydrogen (secondary N) is 2. The number of aromatic nitrogens is 3. The lowest BCUT2D eigenvalue weighted by Gasteiger charge is -2.34. The highest BCUT2D eigenvalue weighted by molar-refractivity contribution is 5.94. The van der Waals surface area contributed by atoms with Gasteiger partial charge in [-0.3, -0.25) is 0 Å². The van der Waals surface area contributed by atoms with Crippen molar-refractivity contribution in [2.24, 2.45) is 5.41 Å². The van der Waals surface area contributed by atoms with Gasteiger partial charge < -0.3 is 29.2 Å². The summed E-state index contributed by atoms with van der Waals surface area (Å²) in [5, 5.41) is 5.48. The van der Waals surface area contributed by atoms with Crippen LogP contribution in [0.15, 0.2) is 36.7 Å². The molecule has 1 aliphatic heterocycles. The summed E-state index contributed by atoms with van der Waals surface area (Å²) in [6, 6.07) is 10.0. The number of hydrogen-bond donors (Lipinski definition) is 2. The molecule has 0 aliphatic carbocycles. The molecular weight excluding hydrogens is 444 g/mol. The molecule has 0 spiro atoms. The Kier molecular flexibility index (Phi) is 6.25. The van der Waals surface area contributed by atoms with Gasteiger partial charge in [0.2, 0.25) is 0 Å². The van der Waals surface area contributed by atoms with Crippen molar-refractivity contribution < 1.29 is 18.9 Å². The number of aromatic amines is 1. The highest BCUT2D eigenvalue weighted by atomic mass is 16.7. The Morgan fingerprint density at radius 3 is 2.63 bits per heavy atom. The smallest absolute Gasteiger partial charge is 0.163 e. The van der Waals surface area contributed by atoms with Crippen molar-refractivity contribution in [3.05, 3.63) is 47.9 Å². The molecule has 2 N–H and O–H groups in total. The molecule has 1 saturated heterocycles. The number of aryl methyl sites for hydroxylation is 2. The number of fused-ring (bicyclic) bond motifs is 2. The van der Waals surface area contributed by atoms with E-state index in [4.69, 9.17) is 18.9 Å². The first-order valence-electron chi connectivity index (χ1n) is 11.9. The standard InChI is InChI=1S/C27H32N4O4/c1-16-17(2)30-21-7-6-18(10-19(16)21)31-26-20-11-23(32-5)24(12-22(20)28-15-29-26)33-9-8-25-34-13-27(3,4)14-35-25/h6-7,10-12,15,25,30H,8-9,13-14H2,1-5H3,(H,28,29,31). The first-order valence-corrected chi connectivity index (χ1v) is 11.9. The van der Waals surface area contributed by atoms with Crippen LogP contribution in [0.25, 0.3) is 21.8 Å². The average Bonchev–Trinajstić information content (AvgIpc) is 3.13.